The molecule has 1 N–H and O–H groups in total. The fourth-order valence-corrected chi connectivity index (χ4v) is 3.51. The molecular formula is C17H27FN2. The van der Waals surface area contributed by atoms with E-state index in [1.54, 1.807) is 12.1 Å². The second kappa shape index (κ2) is 7.07. The second-order valence-corrected chi connectivity index (χ2v) is 6.08. The normalized spacial score (nSPS) is 17.9. The molecule has 0 saturated heterocycles. The first-order chi connectivity index (χ1) is 9.69. The van der Waals surface area contributed by atoms with Crippen LogP contribution in [0.2, 0.25) is 0 Å². The number of nitrogens with one attached hydrogen (secondary N) is 1. The summed E-state index contributed by atoms with van der Waals surface area (Å²) in [6.45, 7) is 5.29. The van der Waals surface area contributed by atoms with E-state index in [-0.39, 0.29) is 5.82 Å². The summed E-state index contributed by atoms with van der Waals surface area (Å²) in [5.74, 6) is -0.160. The molecule has 0 spiro atoms. The Morgan fingerprint density at radius 3 is 2.35 bits per heavy atom. The Morgan fingerprint density at radius 2 is 1.80 bits per heavy atom. The summed E-state index contributed by atoms with van der Waals surface area (Å²) in [7, 11) is 2.05. The number of hydrogen-bond donors (Lipinski definition) is 1. The maximum absolute atomic E-state index is 13.1. The molecule has 0 radical (unpaired) electrons. The summed E-state index contributed by atoms with van der Waals surface area (Å²) in [5, 5.41) is 3.38. The summed E-state index contributed by atoms with van der Waals surface area (Å²) in [6, 6.07) is 6.91. The average Bonchev–Trinajstić information content (AvgIpc) is 2.47. The van der Waals surface area contributed by atoms with E-state index in [1.165, 1.54) is 32.1 Å². The van der Waals surface area contributed by atoms with Gasteiger partial charge in [-0.3, -0.25) is 0 Å². The van der Waals surface area contributed by atoms with Gasteiger partial charge in [-0.1, -0.05) is 19.3 Å². The van der Waals surface area contributed by atoms with E-state index in [0.717, 1.165) is 25.3 Å². The van der Waals surface area contributed by atoms with Crippen molar-refractivity contribution in [2.45, 2.75) is 39.0 Å². The van der Waals surface area contributed by atoms with Gasteiger partial charge in [0.2, 0.25) is 0 Å². The van der Waals surface area contributed by atoms with Gasteiger partial charge in [0.1, 0.15) is 5.82 Å². The standard InChI is InChI=1S/C17H27FN2/c1-3-20(16-9-7-15(18)8-10-16)14-17(13-19-2)11-5-4-6-12-17/h7-10,19H,3-6,11-14H2,1-2H3. The highest BCUT2D eigenvalue weighted by Gasteiger charge is 2.33. The van der Waals surface area contributed by atoms with Crippen LogP contribution in [0.5, 0.6) is 0 Å². The Morgan fingerprint density at radius 1 is 1.15 bits per heavy atom. The zero-order valence-corrected chi connectivity index (χ0v) is 12.8. The average molecular weight is 278 g/mol. The monoisotopic (exact) mass is 278 g/mol. The molecule has 0 amide bonds. The Kier molecular flexibility index (Phi) is 5.41. The SMILES string of the molecule is CCN(CC1(CNC)CCCCC1)c1ccc(F)cc1. The third kappa shape index (κ3) is 3.72. The lowest BCUT2D eigenvalue weighted by Crippen LogP contribution is -2.45. The maximum atomic E-state index is 13.1. The van der Waals surface area contributed by atoms with Crippen LogP contribution in [-0.2, 0) is 0 Å². The van der Waals surface area contributed by atoms with Gasteiger partial charge >= 0.3 is 0 Å². The lowest BCUT2D eigenvalue weighted by atomic mass is 9.73. The van der Waals surface area contributed by atoms with Crippen molar-refractivity contribution in [1.29, 1.82) is 0 Å². The zero-order valence-electron chi connectivity index (χ0n) is 12.8. The van der Waals surface area contributed by atoms with Crippen LogP contribution in [0.1, 0.15) is 39.0 Å². The Hall–Kier alpha value is -1.09. The van der Waals surface area contributed by atoms with Crippen molar-refractivity contribution in [2.24, 2.45) is 5.41 Å². The molecular weight excluding hydrogens is 251 g/mol. The van der Waals surface area contributed by atoms with Gasteiger partial charge in [-0.05, 0) is 51.1 Å². The van der Waals surface area contributed by atoms with E-state index in [2.05, 4.69) is 17.1 Å². The van der Waals surface area contributed by atoms with Crippen molar-refractivity contribution in [3.8, 4) is 0 Å². The number of hydrogen-bond acceptors (Lipinski definition) is 2. The maximum Gasteiger partial charge on any atom is 0.123 e. The van der Waals surface area contributed by atoms with Gasteiger partial charge in [0.05, 0.1) is 0 Å². The van der Waals surface area contributed by atoms with E-state index in [4.69, 9.17) is 0 Å². The molecule has 2 nitrogen and oxygen atoms in total. The van der Waals surface area contributed by atoms with Gasteiger partial charge in [-0.2, -0.15) is 0 Å². The van der Waals surface area contributed by atoms with Gasteiger partial charge in [0.15, 0.2) is 0 Å². The largest absolute Gasteiger partial charge is 0.371 e. The summed E-state index contributed by atoms with van der Waals surface area (Å²) in [4.78, 5) is 2.39. The third-order valence-corrected chi connectivity index (χ3v) is 4.57. The lowest BCUT2D eigenvalue weighted by molar-refractivity contribution is 0.192. The molecule has 3 heteroatoms. The lowest BCUT2D eigenvalue weighted by Gasteiger charge is -2.41. The molecule has 0 aliphatic heterocycles. The van der Waals surface area contributed by atoms with E-state index >= 15 is 0 Å². The Bertz CT molecular complexity index is 390. The minimum absolute atomic E-state index is 0.160. The first-order valence-corrected chi connectivity index (χ1v) is 7.84. The Balaban J connectivity index is 2.12. The summed E-state index contributed by atoms with van der Waals surface area (Å²) in [6.07, 6.45) is 6.64. The van der Waals surface area contributed by atoms with Crippen LogP contribution < -0.4 is 10.2 Å². The molecule has 0 bridgehead atoms. The molecule has 1 saturated carbocycles. The van der Waals surface area contributed by atoms with E-state index < -0.39 is 0 Å². The van der Waals surface area contributed by atoms with Crippen molar-refractivity contribution in [3.05, 3.63) is 30.1 Å². The summed E-state index contributed by atoms with van der Waals surface area (Å²) in [5.41, 5.74) is 1.51. The topological polar surface area (TPSA) is 15.3 Å². The highest BCUT2D eigenvalue weighted by Crippen LogP contribution is 2.37. The predicted octanol–water partition coefficient (Wildman–Crippen LogP) is 3.82. The van der Waals surface area contributed by atoms with Crippen molar-refractivity contribution in [3.63, 3.8) is 0 Å². The molecule has 1 aliphatic carbocycles. The van der Waals surface area contributed by atoms with Crippen molar-refractivity contribution in [2.75, 3.05) is 31.6 Å². The number of nitrogens with zero attached hydrogens (tertiary/aromatic N) is 1. The molecule has 1 aliphatic rings. The van der Waals surface area contributed by atoms with Crippen LogP contribution in [0.3, 0.4) is 0 Å². The first kappa shape index (κ1) is 15.3. The van der Waals surface area contributed by atoms with Crippen LogP contribution >= 0.6 is 0 Å². The minimum Gasteiger partial charge on any atom is -0.371 e. The van der Waals surface area contributed by atoms with E-state index in [0.29, 0.717) is 5.41 Å². The van der Waals surface area contributed by atoms with Crippen molar-refractivity contribution in [1.82, 2.24) is 5.32 Å². The fraction of sp³-hybridized carbons (Fsp3) is 0.647. The smallest absolute Gasteiger partial charge is 0.123 e. The fourth-order valence-electron chi connectivity index (χ4n) is 3.51. The molecule has 0 atom stereocenters. The molecule has 2 rings (SSSR count). The summed E-state index contributed by atoms with van der Waals surface area (Å²) < 4.78 is 13.1. The molecule has 1 aromatic rings. The third-order valence-electron chi connectivity index (χ3n) is 4.57. The predicted molar refractivity (Wildman–Crippen MR) is 83.7 cm³/mol. The van der Waals surface area contributed by atoms with Gasteiger partial charge in [0.25, 0.3) is 0 Å². The van der Waals surface area contributed by atoms with Gasteiger partial charge in [0, 0.05) is 30.7 Å². The van der Waals surface area contributed by atoms with Crippen LogP contribution in [0.4, 0.5) is 10.1 Å². The minimum atomic E-state index is -0.160. The van der Waals surface area contributed by atoms with Gasteiger partial charge in [-0.25, -0.2) is 4.39 Å². The van der Waals surface area contributed by atoms with E-state index in [9.17, 15) is 4.39 Å². The number of anilines is 1. The number of rotatable bonds is 6. The van der Waals surface area contributed by atoms with Crippen LogP contribution in [0, 0.1) is 11.2 Å². The number of halogens is 1. The first-order valence-electron chi connectivity index (χ1n) is 7.84. The highest BCUT2D eigenvalue weighted by molar-refractivity contribution is 5.46. The number of benzene rings is 1. The van der Waals surface area contributed by atoms with Crippen LogP contribution in [0.25, 0.3) is 0 Å². The summed E-state index contributed by atoms with van der Waals surface area (Å²) >= 11 is 0. The van der Waals surface area contributed by atoms with Crippen molar-refractivity contribution >= 4 is 5.69 Å². The molecule has 0 aromatic heterocycles. The molecule has 1 fully saturated rings. The molecule has 20 heavy (non-hydrogen) atoms. The van der Waals surface area contributed by atoms with Crippen LogP contribution in [0.15, 0.2) is 24.3 Å². The quantitative estimate of drug-likeness (QED) is 0.851. The van der Waals surface area contributed by atoms with Gasteiger partial charge < -0.3 is 10.2 Å². The molecule has 0 heterocycles. The highest BCUT2D eigenvalue weighted by atomic mass is 19.1. The van der Waals surface area contributed by atoms with Crippen molar-refractivity contribution < 1.29 is 4.39 Å². The van der Waals surface area contributed by atoms with Gasteiger partial charge in [-0.15, -0.1) is 0 Å². The molecule has 1 aromatic carbocycles. The second-order valence-electron chi connectivity index (χ2n) is 6.08. The molecule has 0 unspecified atom stereocenters. The Labute approximate surface area is 122 Å². The van der Waals surface area contributed by atoms with E-state index in [1.807, 2.05) is 19.2 Å². The van der Waals surface area contributed by atoms with Crippen LogP contribution in [-0.4, -0.2) is 26.7 Å². The molecule has 112 valence electrons. The zero-order chi connectivity index (χ0) is 14.4.